The topological polar surface area (TPSA) is 74.6 Å². The molecule has 1 aliphatic carbocycles. The third-order valence-corrected chi connectivity index (χ3v) is 3.86. The number of benzene rings is 1. The van der Waals surface area contributed by atoms with Crippen LogP contribution in [0.4, 0.5) is 0 Å². The van der Waals surface area contributed by atoms with E-state index in [1.165, 1.54) is 6.08 Å². The standard InChI is InChI=1S/C18H14O4/c1-2-3-4-8-11-13-15(17(19)20)14(16(13)18(21)22)12-9-6-5-7-10-12/h5-7,9-11,13-16H,1H2,(H,19,20)(H,21,22). The van der Waals surface area contributed by atoms with Crippen molar-refractivity contribution in [2.75, 3.05) is 0 Å². The Bertz CT molecular complexity index is 717. The Morgan fingerprint density at radius 2 is 1.64 bits per heavy atom. The molecule has 1 saturated carbocycles. The van der Waals surface area contributed by atoms with Gasteiger partial charge in [0, 0.05) is 11.8 Å². The molecular weight excluding hydrogens is 280 g/mol. The van der Waals surface area contributed by atoms with Gasteiger partial charge in [0.2, 0.25) is 0 Å². The van der Waals surface area contributed by atoms with E-state index < -0.39 is 35.6 Å². The van der Waals surface area contributed by atoms with E-state index in [-0.39, 0.29) is 0 Å². The molecule has 0 spiro atoms. The van der Waals surface area contributed by atoms with Gasteiger partial charge in [-0.1, -0.05) is 41.8 Å². The third kappa shape index (κ3) is 2.87. The molecule has 0 aromatic heterocycles. The molecular formula is C18H14O4. The Kier molecular flexibility index (Phi) is 4.66. The van der Waals surface area contributed by atoms with Gasteiger partial charge in [-0.25, -0.2) is 0 Å². The van der Waals surface area contributed by atoms with Gasteiger partial charge in [0.25, 0.3) is 0 Å². The zero-order chi connectivity index (χ0) is 16.1. The van der Waals surface area contributed by atoms with Gasteiger partial charge >= 0.3 is 11.9 Å². The maximum absolute atomic E-state index is 11.5. The van der Waals surface area contributed by atoms with Gasteiger partial charge in [-0.2, -0.15) is 0 Å². The molecule has 2 unspecified atom stereocenters. The van der Waals surface area contributed by atoms with Crippen LogP contribution in [0, 0.1) is 17.8 Å². The smallest absolute Gasteiger partial charge is 0.307 e. The van der Waals surface area contributed by atoms with E-state index >= 15 is 0 Å². The molecule has 0 saturated heterocycles. The van der Waals surface area contributed by atoms with Gasteiger partial charge in [-0.05, 0) is 29.7 Å². The highest BCUT2D eigenvalue weighted by molar-refractivity contribution is 5.82. The number of carboxylic acid groups (broad SMARTS) is 2. The first-order valence-electron chi connectivity index (χ1n) is 6.69. The molecule has 1 aromatic rings. The zero-order valence-electron chi connectivity index (χ0n) is 11.7. The molecule has 1 fully saturated rings. The predicted octanol–water partition coefficient (Wildman–Crippen LogP) is 2.61. The first-order valence-corrected chi connectivity index (χ1v) is 6.69. The summed E-state index contributed by atoms with van der Waals surface area (Å²) < 4.78 is 0. The monoisotopic (exact) mass is 294 g/mol. The lowest BCUT2D eigenvalue weighted by molar-refractivity contribution is -0.162. The molecule has 2 rings (SSSR count). The lowest BCUT2D eigenvalue weighted by atomic mass is 9.54. The lowest BCUT2D eigenvalue weighted by Gasteiger charge is -2.46. The summed E-state index contributed by atoms with van der Waals surface area (Å²) in [6.07, 6.45) is 1.43. The molecule has 22 heavy (non-hydrogen) atoms. The molecule has 2 N–H and O–H groups in total. The highest BCUT2D eigenvalue weighted by atomic mass is 16.4. The number of hydrogen-bond donors (Lipinski definition) is 2. The Morgan fingerprint density at radius 3 is 2.14 bits per heavy atom. The zero-order valence-corrected chi connectivity index (χ0v) is 11.7. The summed E-state index contributed by atoms with van der Waals surface area (Å²) in [7, 11) is 0. The normalized spacial score (nSPS) is 25.5. The van der Waals surface area contributed by atoms with Crippen LogP contribution in [-0.2, 0) is 9.59 Å². The quantitative estimate of drug-likeness (QED) is 0.837. The van der Waals surface area contributed by atoms with E-state index in [0.717, 1.165) is 5.56 Å². The molecule has 4 nitrogen and oxygen atoms in total. The van der Waals surface area contributed by atoms with Crippen molar-refractivity contribution in [1.29, 1.82) is 0 Å². The van der Waals surface area contributed by atoms with Gasteiger partial charge in [0.15, 0.2) is 0 Å². The van der Waals surface area contributed by atoms with Crippen LogP contribution < -0.4 is 0 Å². The van der Waals surface area contributed by atoms with Gasteiger partial charge < -0.3 is 10.2 Å². The summed E-state index contributed by atoms with van der Waals surface area (Å²) in [6, 6.07) is 8.86. The fourth-order valence-corrected chi connectivity index (χ4v) is 2.93. The van der Waals surface area contributed by atoms with Crippen LogP contribution in [0.1, 0.15) is 11.5 Å². The van der Waals surface area contributed by atoms with Gasteiger partial charge in [0.05, 0.1) is 11.8 Å². The SMILES string of the molecule is C=C=C=C=C=CC1C(C(=O)O)C(c2ccccc2)C1C(=O)O. The van der Waals surface area contributed by atoms with Crippen LogP contribution >= 0.6 is 0 Å². The van der Waals surface area contributed by atoms with Crippen LogP contribution in [0.2, 0.25) is 0 Å². The summed E-state index contributed by atoms with van der Waals surface area (Å²) in [4.78, 5) is 23.1. The van der Waals surface area contributed by atoms with Crippen molar-refractivity contribution >= 4 is 11.9 Å². The van der Waals surface area contributed by atoms with E-state index in [1.807, 2.05) is 0 Å². The van der Waals surface area contributed by atoms with Crippen molar-refractivity contribution in [1.82, 2.24) is 0 Å². The summed E-state index contributed by atoms with van der Waals surface area (Å²) in [5.41, 5.74) is 10.6. The maximum Gasteiger partial charge on any atom is 0.307 e. The van der Waals surface area contributed by atoms with Crippen LogP contribution in [0.5, 0.6) is 0 Å². The number of hydrogen-bond acceptors (Lipinski definition) is 2. The first kappa shape index (κ1) is 15.4. The van der Waals surface area contributed by atoms with Crippen molar-refractivity contribution in [2.24, 2.45) is 17.8 Å². The van der Waals surface area contributed by atoms with E-state index in [1.54, 1.807) is 30.3 Å². The van der Waals surface area contributed by atoms with Crippen molar-refractivity contribution in [3.63, 3.8) is 0 Å². The predicted molar refractivity (Wildman–Crippen MR) is 79.2 cm³/mol. The number of carbonyl (C=O) groups is 2. The fourth-order valence-electron chi connectivity index (χ4n) is 2.93. The Balaban J connectivity index is 2.45. The summed E-state index contributed by atoms with van der Waals surface area (Å²) in [6.45, 7) is 3.31. The first-order chi connectivity index (χ1) is 10.6. The number of carboxylic acids is 2. The molecule has 0 amide bonds. The fraction of sp³-hybridized carbons (Fsp3) is 0.222. The minimum Gasteiger partial charge on any atom is -0.481 e. The van der Waals surface area contributed by atoms with Crippen LogP contribution in [0.3, 0.4) is 0 Å². The molecule has 110 valence electrons. The second kappa shape index (κ2) is 6.65. The highest BCUT2D eigenvalue weighted by Gasteiger charge is 2.57. The van der Waals surface area contributed by atoms with Crippen LogP contribution in [0.15, 0.2) is 65.9 Å². The van der Waals surface area contributed by atoms with E-state index in [9.17, 15) is 19.8 Å². The second-order valence-electron chi connectivity index (χ2n) is 4.98. The Labute approximate surface area is 127 Å². The lowest BCUT2D eigenvalue weighted by Crippen LogP contribution is -2.51. The van der Waals surface area contributed by atoms with E-state index in [2.05, 4.69) is 29.5 Å². The molecule has 0 radical (unpaired) electrons. The van der Waals surface area contributed by atoms with Crippen molar-refractivity contribution in [3.05, 3.63) is 71.5 Å². The average Bonchev–Trinajstić information content (AvgIpc) is 2.45. The molecule has 1 aromatic carbocycles. The van der Waals surface area contributed by atoms with E-state index in [4.69, 9.17) is 0 Å². The average molecular weight is 294 g/mol. The van der Waals surface area contributed by atoms with Crippen molar-refractivity contribution < 1.29 is 19.8 Å². The van der Waals surface area contributed by atoms with Crippen molar-refractivity contribution in [3.8, 4) is 0 Å². The number of rotatable bonds is 4. The maximum atomic E-state index is 11.5. The molecule has 0 bridgehead atoms. The molecule has 0 aliphatic heterocycles. The largest absolute Gasteiger partial charge is 0.481 e. The van der Waals surface area contributed by atoms with Gasteiger partial charge in [-0.15, -0.1) is 0 Å². The molecule has 4 heteroatoms. The number of aliphatic carboxylic acids is 2. The molecule has 1 aliphatic rings. The van der Waals surface area contributed by atoms with Gasteiger partial charge in [-0.3, -0.25) is 9.59 Å². The van der Waals surface area contributed by atoms with E-state index in [0.29, 0.717) is 0 Å². The van der Waals surface area contributed by atoms with Crippen LogP contribution in [0.25, 0.3) is 0 Å². The minimum absolute atomic E-state index is 0.557. The third-order valence-electron chi connectivity index (χ3n) is 3.86. The molecule has 0 heterocycles. The van der Waals surface area contributed by atoms with Gasteiger partial charge in [0.1, 0.15) is 0 Å². The van der Waals surface area contributed by atoms with Crippen LogP contribution in [-0.4, -0.2) is 22.2 Å². The summed E-state index contributed by atoms with van der Waals surface area (Å²) in [5.74, 6) is -4.83. The summed E-state index contributed by atoms with van der Waals surface area (Å²) in [5, 5.41) is 18.9. The summed E-state index contributed by atoms with van der Waals surface area (Å²) >= 11 is 0. The highest BCUT2D eigenvalue weighted by Crippen LogP contribution is 2.53. The number of allylic oxidation sites excluding steroid dienone is 1. The Morgan fingerprint density at radius 1 is 1.05 bits per heavy atom. The Hall–Kier alpha value is -2.98. The second-order valence-corrected chi connectivity index (χ2v) is 4.98. The van der Waals surface area contributed by atoms with Crippen molar-refractivity contribution in [2.45, 2.75) is 5.92 Å². The molecule has 2 atom stereocenters. The minimum atomic E-state index is -1.02.